The molecule has 0 saturated heterocycles. The molecular formula is C13H19NO4S2. The molecular weight excluding hydrogens is 298 g/mol. The number of thiophene rings is 1. The van der Waals surface area contributed by atoms with E-state index in [1.54, 1.807) is 24.8 Å². The lowest BCUT2D eigenvalue weighted by molar-refractivity contribution is 0.109. The average molecular weight is 317 g/mol. The molecule has 20 heavy (non-hydrogen) atoms. The summed E-state index contributed by atoms with van der Waals surface area (Å²) in [6.07, 6.45) is 1.09. The van der Waals surface area contributed by atoms with Crippen molar-refractivity contribution in [3.05, 3.63) is 16.5 Å². The molecule has 0 spiro atoms. The summed E-state index contributed by atoms with van der Waals surface area (Å²) in [5.41, 5.74) is 1.05. The second kappa shape index (κ2) is 6.13. The fraction of sp³-hybridized carbons (Fsp3) is 0.615. The van der Waals surface area contributed by atoms with Gasteiger partial charge in [0.15, 0.2) is 9.84 Å². The van der Waals surface area contributed by atoms with Crippen molar-refractivity contribution in [3.63, 3.8) is 0 Å². The SMILES string of the molecule is CCOC(=O)N1CCc2cc(S(=O)(=O)CC)sc2CC1. The molecule has 1 amide bonds. The number of hydrogen-bond donors (Lipinski definition) is 0. The monoisotopic (exact) mass is 317 g/mol. The number of rotatable bonds is 3. The Balaban J connectivity index is 2.13. The van der Waals surface area contributed by atoms with Crippen molar-refractivity contribution in [3.8, 4) is 0 Å². The molecule has 5 nitrogen and oxygen atoms in total. The van der Waals surface area contributed by atoms with Gasteiger partial charge in [0.1, 0.15) is 4.21 Å². The third-order valence-electron chi connectivity index (χ3n) is 3.35. The standard InChI is InChI=1S/C13H19NO4S2/c1-3-18-13(15)14-7-5-10-9-12(20(16,17)4-2)19-11(10)6-8-14/h9H,3-8H2,1-2H3. The largest absolute Gasteiger partial charge is 0.450 e. The lowest BCUT2D eigenvalue weighted by Gasteiger charge is -2.19. The molecule has 7 heteroatoms. The van der Waals surface area contributed by atoms with Crippen LogP contribution in [0.1, 0.15) is 24.3 Å². The first-order valence-corrected chi connectivity index (χ1v) is 9.20. The van der Waals surface area contributed by atoms with Crippen LogP contribution in [0.15, 0.2) is 10.3 Å². The molecule has 1 aromatic heterocycles. The molecule has 0 aliphatic carbocycles. The molecule has 1 aliphatic rings. The lowest BCUT2D eigenvalue weighted by Crippen LogP contribution is -2.33. The Hall–Kier alpha value is -1.08. The maximum absolute atomic E-state index is 11.9. The van der Waals surface area contributed by atoms with Crippen LogP contribution >= 0.6 is 11.3 Å². The highest BCUT2D eigenvalue weighted by Crippen LogP contribution is 2.30. The van der Waals surface area contributed by atoms with Crippen molar-refractivity contribution in [2.75, 3.05) is 25.4 Å². The summed E-state index contributed by atoms with van der Waals surface area (Å²) >= 11 is 1.34. The molecule has 0 saturated carbocycles. The van der Waals surface area contributed by atoms with E-state index in [0.29, 0.717) is 36.7 Å². The van der Waals surface area contributed by atoms with Gasteiger partial charge in [-0.3, -0.25) is 0 Å². The Morgan fingerprint density at radius 2 is 2.05 bits per heavy atom. The number of carbonyl (C=O) groups excluding carboxylic acids is 1. The number of nitrogens with zero attached hydrogens (tertiary/aromatic N) is 1. The molecule has 0 radical (unpaired) electrons. The number of hydrogen-bond acceptors (Lipinski definition) is 5. The van der Waals surface area contributed by atoms with Gasteiger partial charge in [0.25, 0.3) is 0 Å². The van der Waals surface area contributed by atoms with Gasteiger partial charge in [-0.1, -0.05) is 6.92 Å². The van der Waals surface area contributed by atoms with Gasteiger partial charge < -0.3 is 9.64 Å². The van der Waals surface area contributed by atoms with Crippen LogP contribution in [-0.2, 0) is 27.4 Å². The minimum atomic E-state index is -3.13. The van der Waals surface area contributed by atoms with Crippen LogP contribution in [0.2, 0.25) is 0 Å². The highest BCUT2D eigenvalue weighted by atomic mass is 32.2. The van der Waals surface area contributed by atoms with E-state index in [1.807, 2.05) is 0 Å². The van der Waals surface area contributed by atoms with Crippen molar-refractivity contribution in [1.29, 1.82) is 0 Å². The van der Waals surface area contributed by atoms with Crippen LogP contribution in [0.4, 0.5) is 4.79 Å². The van der Waals surface area contributed by atoms with Crippen molar-refractivity contribution >= 4 is 27.3 Å². The zero-order valence-corrected chi connectivity index (χ0v) is 13.3. The number of sulfone groups is 1. The summed E-state index contributed by atoms with van der Waals surface area (Å²) in [4.78, 5) is 14.5. The highest BCUT2D eigenvalue weighted by molar-refractivity contribution is 7.93. The summed E-state index contributed by atoms with van der Waals surface area (Å²) in [6, 6.07) is 1.77. The van der Waals surface area contributed by atoms with Gasteiger partial charge in [-0.15, -0.1) is 11.3 Å². The van der Waals surface area contributed by atoms with E-state index in [2.05, 4.69) is 0 Å². The number of carbonyl (C=O) groups is 1. The number of amides is 1. The van der Waals surface area contributed by atoms with Gasteiger partial charge in [-0.2, -0.15) is 0 Å². The predicted octanol–water partition coefficient (Wildman–Crippen LogP) is 2.10. The fourth-order valence-corrected chi connectivity index (χ4v) is 4.86. The quantitative estimate of drug-likeness (QED) is 0.856. The molecule has 2 rings (SSSR count). The van der Waals surface area contributed by atoms with Gasteiger partial charge in [0, 0.05) is 18.0 Å². The van der Waals surface area contributed by atoms with Gasteiger partial charge in [-0.05, 0) is 31.4 Å². The normalized spacial score (nSPS) is 15.6. The lowest BCUT2D eigenvalue weighted by atomic mass is 10.2. The zero-order valence-electron chi connectivity index (χ0n) is 11.7. The molecule has 0 aromatic carbocycles. The summed E-state index contributed by atoms with van der Waals surface area (Å²) in [5, 5.41) is 0. The molecule has 0 unspecified atom stereocenters. The Morgan fingerprint density at radius 1 is 1.35 bits per heavy atom. The Kier molecular flexibility index (Phi) is 4.70. The fourth-order valence-electron chi connectivity index (χ4n) is 2.16. The summed E-state index contributed by atoms with van der Waals surface area (Å²) in [5.74, 6) is 0.126. The average Bonchev–Trinajstić information content (AvgIpc) is 2.73. The van der Waals surface area contributed by atoms with Crippen molar-refractivity contribution in [2.45, 2.75) is 30.9 Å². The van der Waals surface area contributed by atoms with Crippen LogP contribution in [-0.4, -0.2) is 44.9 Å². The van der Waals surface area contributed by atoms with E-state index in [0.717, 1.165) is 10.4 Å². The van der Waals surface area contributed by atoms with E-state index < -0.39 is 9.84 Å². The van der Waals surface area contributed by atoms with E-state index in [1.165, 1.54) is 11.3 Å². The maximum Gasteiger partial charge on any atom is 0.409 e. The summed E-state index contributed by atoms with van der Waals surface area (Å²) in [7, 11) is -3.13. The third kappa shape index (κ3) is 3.15. The van der Waals surface area contributed by atoms with E-state index >= 15 is 0 Å². The van der Waals surface area contributed by atoms with Gasteiger partial charge >= 0.3 is 6.09 Å². The number of fused-ring (bicyclic) bond motifs is 1. The van der Waals surface area contributed by atoms with Crippen LogP contribution in [0.5, 0.6) is 0 Å². The second-order valence-electron chi connectivity index (χ2n) is 4.60. The van der Waals surface area contributed by atoms with Gasteiger partial charge in [-0.25, -0.2) is 13.2 Å². The van der Waals surface area contributed by atoms with Crippen molar-refractivity contribution in [2.24, 2.45) is 0 Å². The van der Waals surface area contributed by atoms with Crippen LogP contribution < -0.4 is 0 Å². The molecule has 0 atom stereocenters. The first-order chi connectivity index (χ1) is 9.47. The smallest absolute Gasteiger partial charge is 0.409 e. The minimum absolute atomic E-state index is 0.126. The van der Waals surface area contributed by atoms with Gasteiger partial charge in [0.05, 0.1) is 12.4 Å². The Bertz CT molecular complexity index is 566. The predicted molar refractivity (Wildman–Crippen MR) is 78.0 cm³/mol. The van der Waals surface area contributed by atoms with Crippen molar-refractivity contribution in [1.82, 2.24) is 4.90 Å². The molecule has 1 aromatic rings. The van der Waals surface area contributed by atoms with Crippen LogP contribution in [0.3, 0.4) is 0 Å². The Labute approximate surface area is 123 Å². The highest BCUT2D eigenvalue weighted by Gasteiger charge is 2.24. The second-order valence-corrected chi connectivity index (χ2v) is 8.25. The third-order valence-corrected chi connectivity index (χ3v) is 6.88. The molecule has 2 heterocycles. The summed E-state index contributed by atoms with van der Waals surface area (Å²) in [6.45, 7) is 4.97. The molecule has 0 bridgehead atoms. The molecule has 0 fully saturated rings. The molecule has 0 N–H and O–H groups in total. The van der Waals surface area contributed by atoms with Crippen molar-refractivity contribution < 1.29 is 17.9 Å². The molecule has 112 valence electrons. The Morgan fingerprint density at radius 3 is 2.70 bits per heavy atom. The van der Waals surface area contributed by atoms with Gasteiger partial charge in [0.2, 0.25) is 0 Å². The topological polar surface area (TPSA) is 63.7 Å². The molecule has 1 aliphatic heterocycles. The minimum Gasteiger partial charge on any atom is -0.450 e. The van der Waals surface area contributed by atoms with E-state index in [4.69, 9.17) is 4.74 Å². The summed E-state index contributed by atoms with van der Waals surface area (Å²) < 4.78 is 29.2. The van der Waals surface area contributed by atoms with E-state index in [-0.39, 0.29) is 11.8 Å². The van der Waals surface area contributed by atoms with Crippen LogP contribution in [0.25, 0.3) is 0 Å². The maximum atomic E-state index is 11.9. The number of ether oxygens (including phenoxy) is 1. The first-order valence-electron chi connectivity index (χ1n) is 6.74. The van der Waals surface area contributed by atoms with E-state index in [9.17, 15) is 13.2 Å². The van der Waals surface area contributed by atoms with Crippen LogP contribution in [0, 0.1) is 0 Å². The first kappa shape index (κ1) is 15.3. The zero-order chi connectivity index (χ0) is 14.8.